The highest BCUT2D eigenvalue weighted by molar-refractivity contribution is 5.73. The number of alkyl halides is 1. The van der Waals surface area contributed by atoms with E-state index in [1.54, 1.807) is 50.8 Å². The van der Waals surface area contributed by atoms with Gasteiger partial charge >= 0.3 is 6.09 Å². The Morgan fingerprint density at radius 3 is 2.30 bits per heavy atom. The quantitative estimate of drug-likeness (QED) is 0.415. The summed E-state index contributed by atoms with van der Waals surface area (Å²) in [6.07, 6.45) is 3.75. The lowest BCUT2D eigenvalue weighted by Crippen LogP contribution is -2.70. The monoisotopic (exact) mass is 593 g/mol. The van der Waals surface area contributed by atoms with Gasteiger partial charge in [-0.1, -0.05) is 43.3 Å². The summed E-state index contributed by atoms with van der Waals surface area (Å²) >= 11 is 0. The van der Waals surface area contributed by atoms with Crippen molar-refractivity contribution >= 4 is 12.0 Å². The van der Waals surface area contributed by atoms with Crippen molar-refractivity contribution in [3.63, 3.8) is 0 Å². The number of benzene rings is 1. The van der Waals surface area contributed by atoms with Crippen molar-refractivity contribution in [2.75, 3.05) is 26.2 Å². The number of aliphatic hydroxyl groups is 1. The van der Waals surface area contributed by atoms with Crippen molar-refractivity contribution in [3.8, 4) is 11.4 Å². The molecule has 1 N–H and O–H groups in total. The molecule has 11 heteroatoms. The summed E-state index contributed by atoms with van der Waals surface area (Å²) in [7, 11) is 0. The predicted octanol–water partition coefficient (Wildman–Crippen LogP) is 5.18. The van der Waals surface area contributed by atoms with Crippen LogP contribution < -0.4 is 0 Å². The molecule has 0 spiro atoms. The summed E-state index contributed by atoms with van der Waals surface area (Å²) in [6.45, 7) is 11.4. The van der Waals surface area contributed by atoms with Gasteiger partial charge in [-0.15, -0.1) is 0 Å². The summed E-state index contributed by atoms with van der Waals surface area (Å²) in [5.74, 6) is 1.06. The molecule has 2 aromatic heterocycles. The van der Waals surface area contributed by atoms with Gasteiger partial charge in [0.2, 0.25) is 17.6 Å². The Morgan fingerprint density at radius 2 is 1.72 bits per heavy atom. The number of rotatable bonds is 6. The zero-order chi connectivity index (χ0) is 31.2. The molecule has 43 heavy (non-hydrogen) atoms. The second-order valence-electron chi connectivity index (χ2n) is 13.0. The Hall–Kier alpha value is -3.86. The molecule has 2 saturated heterocycles. The summed E-state index contributed by atoms with van der Waals surface area (Å²) in [6, 6.07) is 8.81. The van der Waals surface area contributed by atoms with Crippen LogP contribution in [0.2, 0.25) is 0 Å². The third kappa shape index (κ3) is 6.00. The maximum Gasteiger partial charge on any atom is 0.410 e. The molecule has 2 amide bonds. The van der Waals surface area contributed by atoms with Gasteiger partial charge in [0.25, 0.3) is 0 Å². The van der Waals surface area contributed by atoms with Gasteiger partial charge in [0.1, 0.15) is 5.60 Å². The number of nitrogens with zero attached hydrogens (tertiary/aromatic N) is 5. The number of carbonyl (C=O) groups excluding carboxylic acids is 2. The largest absolute Gasteiger partial charge is 0.444 e. The number of hydrogen-bond acceptors (Lipinski definition) is 8. The number of ether oxygens (including phenoxy) is 1. The molecule has 1 atom stereocenters. The van der Waals surface area contributed by atoms with E-state index in [0.717, 1.165) is 5.56 Å². The van der Waals surface area contributed by atoms with Crippen LogP contribution in [0.1, 0.15) is 88.8 Å². The smallest absolute Gasteiger partial charge is 0.410 e. The van der Waals surface area contributed by atoms with E-state index in [1.165, 1.54) is 17.3 Å². The molecule has 10 nitrogen and oxygen atoms in total. The number of halogens is 1. The van der Waals surface area contributed by atoms with Crippen molar-refractivity contribution < 1.29 is 28.3 Å². The fourth-order valence-corrected chi connectivity index (χ4v) is 5.76. The number of piperidine rings is 1. The van der Waals surface area contributed by atoms with Gasteiger partial charge < -0.3 is 24.2 Å². The van der Waals surface area contributed by atoms with Gasteiger partial charge in [0.05, 0.1) is 13.1 Å². The van der Waals surface area contributed by atoms with Crippen molar-refractivity contribution in [2.24, 2.45) is 0 Å². The second-order valence-corrected chi connectivity index (χ2v) is 13.0. The molecule has 2 fully saturated rings. The Kier molecular flexibility index (Phi) is 8.06. The highest BCUT2D eigenvalue weighted by Gasteiger charge is 2.62. The molecular formula is C32H40FN5O5. The summed E-state index contributed by atoms with van der Waals surface area (Å²) < 4.78 is 27.9. The normalized spacial score (nSPS) is 18.7. The molecule has 230 valence electrons. The molecule has 0 unspecified atom stereocenters. The topological polar surface area (TPSA) is 122 Å². The van der Waals surface area contributed by atoms with Gasteiger partial charge in [-0.3, -0.25) is 9.78 Å². The summed E-state index contributed by atoms with van der Waals surface area (Å²) in [5, 5.41) is 16.5. The third-order valence-corrected chi connectivity index (χ3v) is 8.32. The van der Waals surface area contributed by atoms with E-state index in [1.807, 2.05) is 12.1 Å². The Labute approximate surface area is 251 Å². The third-order valence-electron chi connectivity index (χ3n) is 8.32. The van der Waals surface area contributed by atoms with E-state index in [4.69, 9.17) is 9.26 Å². The van der Waals surface area contributed by atoms with Crippen molar-refractivity contribution in [2.45, 2.75) is 83.1 Å². The van der Waals surface area contributed by atoms with Crippen molar-refractivity contribution in [3.05, 3.63) is 65.3 Å². The maximum absolute atomic E-state index is 16.9. The van der Waals surface area contributed by atoms with E-state index in [2.05, 4.69) is 29.0 Å². The van der Waals surface area contributed by atoms with E-state index < -0.39 is 23.0 Å². The molecule has 2 aliphatic rings. The minimum atomic E-state index is -2.23. The van der Waals surface area contributed by atoms with Crippen LogP contribution >= 0.6 is 0 Å². The van der Waals surface area contributed by atoms with Gasteiger partial charge in [0, 0.05) is 49.5 Å². The molecule has 0 saturated carbocycles. The Morgan fingerprint density at radius 1 is 1.07 bits per heavy atom. The van der Waals surface area contributed by atoms with Crippen LogP contribution in [0, 0.1) is 0 Å². The average Bonchev–Trinajstić information content (AvgIpc) is 3.45. The van der Waals surface area contributed by atoms with E-state index in [0.29, 0.717) is 42.9 Å². The Bertz CT molecular complexity index is 1470. The number of carbonyl (C=O) groups is 2. The SMILES string of the molecule is CC(=O)N1CCC(c2nc(-c3cncc([C@@](O)(c4ccc(C(C)C)cc4)C4(F)CN(C(=O)OC(C)(C)C)C4)c3)no2)CC1. The van der Waals surface area contributed by atoms with Crippen LogP contribution in [0.4, 0.5) is 9.18 Å². The van der Waals surface area contributed by atoms with E-state index >= 15 is 4.39 Å². The first-order chi connectivity index (χ1) is 20.2. The molecule has 0 radical (unpaired) electrons. The minimum Gasteiger partial charge on any atom is -0.444 e. The maximum atomic E-state index is 16.9. The van der Waals surface area contributed by atoms with Crippen LogP contribution in [0.25, 0.3) is 11.4 Å². The first kappa shape index (κ1) is 30.6. The van der Waals surface area contributed by atoms with Crippen LogP contribution in [0.15, 0.2) is 47.2 Å². The second kappa shape index (κ2) is 11.3. The first-order valence-electron chi connectivity index (χ1n) is 14.7. The molecule has 1 aromatic carbocycles. The lowest BCUT2D eigenvalue weighted by Gasteiger charge is -2.52. The van der Waals surface area contributed by atoms with Gasteiger partial charge in [-0.25, -0.2) is 9.18 Å². The number of amides is 2. The van der Waals surface area contributed by atoms with Crippen molar-refractivity contribution in [1.29, 1.82) is 0 Å². The van der Waals surface area contributed by atoms with Gasteiger partial charge in [0.15, 0.2) is 11.3 Å². The van der Waals surface area contributed by atoms with Crippen LogP contribution in [0.3, 0.4) is 0 Å². The van der Waals surface area contributed by atoms with E-state index in [-0.39, 0.29) is 42.2 Å². The van der Waals surface area contributed by atoms with Gasteiger partial charge in [-0.2, -0.15) is 4.98 Å². The molecule has 4 heterocycles. The molecule has 0 bridgehead atoms. The minimum absolute atomic E-state index is 0.0207. The molecule has 2 aliphatic heterocycles. The summed E-state index contributed by atoms with van der Waals surface area (Å²) in [4.78, 5) is 36.3. The molecule has 5 rings (SSSR count). The van der Waals surface area contributed by atoms with Gasteiger partial charge in [-0.05, 0) is 56.7 Å². The highest BCUT2D eigenvalue weighted by Crippen LogP contribution is 2.48. The molecule has 3 aromatic rings. The zero-order valence-corrected chi connectivity index (χ0v) is 25.6. The number of pyridine rings is 1. The lowest BCUT2D eigenvalue weighted by atomic mass is 9.70. The van der Waals surface area contributed by atoms with Crippen LogP contribution in [-0.2, 0) is 15.1 Å². The zero-order valence-electron chi connectivity index (χ0n) is 25.6. The summed E-state index contributed by atoms with van der Waals surface area (Å²) in [5.41, 5.74) is -3.06. The highest BCUT2D eigenvalue weighted by atomic mass is 19.1. The number of likely N-dealkylation sites (tertiary alicyclic amines) is 2. The van der Waals surface area contributed by atoms with Crippen LogP contribution in [-0.4, -0.2) is 79.5 Å². The first-order valence-corrected chi connectivity index (χ1v) is 14.7. The molecule has 0 aliphatic carbocycles. The fourth-order valence-electron chi connectivity index (χ4n) is 5.76. The number of hydrogen-bond donors (Lipinski definition) is 1. The van der Waals surface area contributed by atoms with Crippen molar-refractivity contribution in [1.82, 2.24) is 24.9 Å². The molecular weight excluding hydrogens is 553 g/mol. The van der Waals surface area contributed by atoms with E-state index in [9.17, 15) is 14.7 Å². The lowest BCUT2D eigenvalue weighted by molar-refractivity contribution is -0.155. The fraction of sp³-hybridized carbons (Fsp3) is 0.531. The average molecular weight is 594 g/mol. The standard InChI is InChI=1S/C32H40FN5O5/c1-20(2)22-7-9-25(10-8-22)32(41,31(33)18-38(19-31)29(40)42-30(4,5)6)26-15-24(16-34-17-26)27-35-28(43-36-27)23-11-13-37(14-12-23)21(3)39/h7-10,15-17,20,23,41H,11-14,18-19H2,1-6H3/t32-/m0/s1. The Balaban J connectivity index is 1.46. The predicted molar refractivity (Wildman–Crippen MR) is 157 cm³/mol. The van der Waals surface area contributed by atoms with Crippen LogP contribution in [0.5, 0.6) is 0 Å². The number of aromatic nitrogens is 3.